The molecule has 1 radical (unpaired) electrons. The Hall–Kier alpha value is 0.270. The predicted molar refractivity (Wildman–Crippen MR) is 52.8 cm³/mol. The molecule has 0 atom stereocenters. The van der Waals surface area contributed by atoms with Crippen LogP contribution in [0.3, 0.4) is 0 Å². The van der Waals surface area contributed by atoms with E-state index in [-0.39, 0.29) is 29.6 Å². The maximum atomic E-state index is 11.0. The second-order valence-corrected chi connectivity index (χ2v) is 4.68. The number of carbonyl (C=O) groups excluding carboxylic acids is 1. The van der Waals surface area contributed by atoms with Gasteiger partial charge in [-0.2, -0.15) is 0 Å². The van der Waals surface area contributed by atoms with Gasteiger partial charge in [0.2, 0.25) is 0 Å². The molecule has 13 heavy (non-hydrogen) atoms. The number of ether oxygens (including phenoxy) is 2. The Labute approximate surface area is 102 Å². The molecule has 0 N–H and O–H groups in total. The molecule has 0 saturated carbocycles. The summed E-state index contributed by atoms with van der Waals surface area (Å²) in [4.78, 5) is 11.0. The molecule has 73 valence electrons. The van der Waals surface area contributed by atoms with Crippen LogP contribution in [0.2, 0.25) is 0 Å². The summed E-state index contributed by atoms with van der Waals surface area (Å²) in [5.41, 5.74) is -0.968. The third-order valence-corrected chi connectivity index (χ3v) is 0.779. The van der Waals surface area contributed by atoms with E-state index in [1.807, 2.05) is 0 Å². The van der Waals surface area contributed by atoms with Crippen LogP contribution in [-0.2, 0) is 9.47 Å². The minimum Gasteiger partial charge on any atom is -0.429 e. The fourth-order valence-corrected chi connectivity index (χ4v) is 0.521. The third kappa shape index (κ3) is 12.3. The van der Waals surface area contributed by atoms with Gasteiger partial charge in [-0.1, -0.05) is 0 Å². The molecule has 0 aromatic carbocycles. The maximum Gasteiger partial charge on any atom is 0.509 e. The van der Waals surface area contributed by atoms with Crippen molar-refractivity contribution in [3.63, 3.8) is 0 Å². The second kappa shape index (κ2) is 5.23. The topological polar surface area (TPSA) is 35.5 Å². The zero-order chi connectivity index (χ0) is 9.99. The number of hydrogen-bond donors (Lipinski definition) is 0. The van der Waals surface area contributed by atoms with E-state index >= 15 is 0 Å². The van der Waals surface area contributed by atoms with E-state index in [1.165, 1.54) is 0 Å². The van der Waals surface area contributed by atoms with Gasteiger partial charge in [0.05, 0.1) is 0 Å². The molecule has 0 aromatic heterocycles. The van der Waals surface area contributed by atoms with Crippen LogP contribution in [0.5, 0.6) is 0 Å². The molecule has 3 nitrogen and oxygen atoms in total. The molecule has 0 fully saturated rings. The summed E-state index contributed by atoms with van der Waals surface area (Å²) in [5.74, 6) is 0. The second-order valence-electron chi connectivity index (χ2n) is 4.68. The number of hydrogen-bond acceptors (Lipinski definition) is 3. The van der Waals surface area contributed by atoms with Gasteiger partial charge in [-0.25, -0.2) is 4.79 Å². The van der Waals surface area contributed by atoms with Crippen LogP contribution in [0, 0.1) is 0 Å². The van der Waals surface area contributed by atoms with Gasteiger partial charge in [0, 0.05) is 29.6 Å². The molecule has 0 unspecified atom stereocenters. The van der Waals surface area contributed by atoms with E-state index in [2.05, 4.69) is 0 Å². The van der Waals surface area contributed by atoms with Crippen LogP contribution in [0.1, 0.15) is 41.5 Å². The molecule has 0 bridgehead atoms. The van der Waals surface area contributed by atoms with Crippen molar-refractivity contribution in [1.82, 2.24) is 0 Å². The van der Waals surface area contributed by atoms with E-state index in [9.17, 15) is 4.79 Å². The van der Waals surface area contributed by atoms with E-state index < -0.39 is 17.4 Å². The number of carbonyl (C=O) groups is 1. The summed E-state index contributed by atoms with van der Waals surface area (Å²) in [7, 11) is 0. The summed E-state index contributed by atoms with van der Waals surface area (Å²) < 4.78 is 9.91. The minimum absolute atomic E-state index is 0. The summed E-state index contributed by atoms with van der Waals surface area (Å²) in [5, 5.41) is 0. The van der Waals surface area contributed by atoms with Gasteiger partial charge in [-0.15, -0.1) is 0 Å². The first-order chi connectivity index (χ1) is 5.10. The van der Waals surface area contributed by atoms with Crippen LogP contribution in [0.25, 0.3) is 0 Å². The van der Waals surface area contributed by atoms with Crippen molar-refractivity contribution in [2.45, 2.75) is 52.7 Å². The molecule has 0 aliphatic heterocycles. The van der Waals surface area contributed by atoms with Crippen molar-refractivity contribution < 1.29 is 14.3 Å². The van der Waals surface area contributed by atoms with Crippen molar-refractivity contribution >= 4 is 35.7 Å². The maximum absolute atomic E-state index is 11.0. The fraction of sp³-hybridized carbons (Fsp3) is 0.889. The molecule has 0 aliphatic rings. The quantitative estimate of drug-likeness (QED) is 0.441. The Morgan fingerprint density at radius 1 is 0.846 bits per heavy atom. The first-order valence-corrected chi connectivity index (χ1v) is 4.02. The molecule has 0 saturated heterocycles. The van der Waals surface area contributed by atoms with Gasteiger partial charge in [0.15, 0.2) is 0 Å². The SMILES string of the molecule is CC(C)(C)OC(=O)OC(C)(C)C.[Na]. The van der Waals surface area contributed by atoms with Crippen molar-refractivity contribution in [3.8, 4) is 0 Å². The number of rotatable bonds is 0. The summed E-state index contributed by atoms with van der Waals surface area (Å²) in [6.07, 6.45) is -0.616. The normalized spacial score (nSPS) is 11.5. The predicted octanol–water partition coefficient (Wildman–Crippen LogP) is 2.36. The molecule has 0 amide bonds. The van der Waals surface area contributed by atoms with Crippen LogP contribution in [0.15, 0.2) is 0 Å². The summed E-state index contributed by atoms with van der Waals surface area (Å²) >= 11 is 0. The van der Waals surface area contributed by atoms with E-state index in [1.54, 1.807) is 41.5 Å². The molecular weight excluding hydrogens is 179 g/mol. The van der Waals surface area contributed by atoms with Crippen molar-refractivity contribution in [1.29, 1.82) is 0 Å². The Kier molecular flexibility index (Phi) is 6.32. The molecule has 0 aliphatic carbocycles. The Bertz CT molecular complexity index is 147. The van der Waals surface area contributed by atoms with E-state index in [0.29, 0.717) is 0 Å². The summed E-state index contributed by atoms with van der Waals surface area (Å²) in [6.45, 7) is 10.8. The molecular formula is C9H18NaO3. The monoisotopic (exact) mass is 197 g/mol. The largest absolute Gasteiger partial charge is 0.509 e. The van der Waals surface area contributed by atoms with Gasteiger partial charge in [0.25, 0.3) is 0 Å². The van der Waals surface area contributed by atoms with Crippen LogP contribution >= 0.6 is 0 Å². The average molecular weight is 197 g/mol. The van der Waals surface area contributed by atoms with Crippen LogP contribution in [0.4, 0.5) is 4.79 Å². The molecule has 0 aromatic rings. The van der Waals surface area contributed by atoms with Gasteiger partial charge in [-0.05, 0) is 41.5 Å². The van der Waals surface area contributed by atoms with Crippen molar-refractivity contribution in [3.05, 3.63) is 0 Å². The standard InChI is InChI=1S/C9H18O3.Na/c1-8(2,3)11-7(10)12-9(4,5)6;/h1-6H3;. The van der Waals surface area contributed by atoms with Crippen LogP contribution in [-0.4, -0.2) is 46.9 Å². The molecule has 4 heteroatoms. The average Bonchev–Trinajstić information content (AvgIpc) is 1.49. The smallest absolute Gasteiger partial charge is 0.429 e. The van der Waals surface area contributed by atoms with Crippen molar-refractivity contribution in [2.24, 2.45) is 0 Å². The van der Waals surface area contributed by atoms with E-state index in [0.717, 1.165) is 0 Å². The van der Waals surface area contributed by atoms with E-state index in [4.69, 9.17) is 9.47 Å². The zero-order valence-corrected chi connectivity index (χ0v) is 11.7. The Balaban J connectivity index is 0. The van der Waals surface area contributed by atoms with Gasteiger partial charge in [-0.3, -0.25) is 0 Å². The first kappa shape index (κ1) is 15.7. The fourth-order valence-electron chi connectivity index (χ4n) is 0.521. The van der Waals surface area contributed by atoms with Gasteiger partial charge in [0.1, 0.15) is 11.2 Å². The third-order valence-electron chi connectivity index (χ3n) is 0.779. The molecule has 0 heterocycles. The minimum atomic E-state index is -0.616. The molecule has 0 rings (SSSR count). The Morgan fingerprint density at radius 2 is 1.08 bits per heavy atom. The summed E-state index contributed by atoms with van der Waals surface area (Å²) in [6, 6.07) is 0. The zero-order valence-electron chi connectivity index (χ0n) is 9.72. The Morgan fingerprint density at radius 3 is 1.23 bits per heavy atom. The molecule has 0 spiro atoms. The van der Waals surface area contributed by atoms with Gasteiger partial charge >= 0.3 is 6.16 Å². The van der Waals surface area contributed by atoms with Crippen molar-refractivity contribution in [2.75, 3.05) is 0 Å². The van der Waals surface area contributed by atoms with Gasteiger partial charge < -0.3 is 9.47 Å². The van der Waals surface area contributed by atoms with Crippen LogP contribution < -0.4 is 0 Å². The first-order valence-electron chi connectivity index (χ1n) is 4.02.